The first-order chi connectivity index (χ1) is 9.28. The molecule has 20 heavy (non-hydrogen) atoms. The molecule has 0 aliphatic heterocycles. The van der Waals surface area contributed by atoms with Gasteiger partial charge in [0.1, 0.15) is 0 Å². The molecule has 0 aliphatic rings. The molecule has 0 amide bonds. The minimum absolute atomic E-state index is 0.195. The summed E-state index contributed by atoms with van der Waals surface area (Å²) in [5.41, 5.74) is 3.05. The summed E-state index contributed by atoms with van der Waals surface area (Å²) in [6.45, 7) is 14.6. The number of nitrogens with one attached hydrogen (secondary N) is 1. The topological polar surface area (TPSA) is 12.0 Å². The molecule has 1 aromatic carbocycles. The van der Waals surface area contributed by atoms with Crippen LogP contribution in [0, 0.1) is 12.8 Å². The van der Waals surface area contributed by atoms with E-state index in [4.69, 9.17) is 0 Å². The molecule has 0 heterocycles. The van der Waals surface area contributed by atoms with Crippen molar-refractivity contribution in [1.29, 1.82) is 0 Å². The van der Waals surface area contributed by atoms with Crippen molar-refractivity contribution in [1.82, 2.24) is 5.32 Å². The Balaban J connectivity index is 2.68. The number of rotatable bonds is 7. The standard InChI is InChI=1S/C19H33N/c1-15(2)9-7-12-18(14-20-19(4,5)6)17-11-8-10-16(3)13-17/h8,10-11,13,15,18,20H,7,9,12,14H2,1-6H3. The van der Waals surface area contributed by atoms with E-state index in [2.05, 4.69) is 71.1 Å². The Hall–Kier alpha value is -0.820. The summed E-state index contributed by atoms with van der Waals surface area (Å²) >= 11 is 0. The van der Waals surface area contributed by atoms with E-state index in [1.165, 1.54) is 30.4 Å². The van der Waals surface area contributed by atoms with Crippen molar-refractivity contribution < 1.29 is 0 Å². The van der Waals surface area contributed by atoms with Crippen molar-refractivity contribution in [3.63, 3.8) is 0 Å². The monoisotopic (exact) mass is 275 g/mol. The first-order valence-electron chi connectivity index (χ1n) is 8.09. The van der Waals surface area contributed by atoms with Crippen molar-refractivity contribution in [3.05, 3.63) is 35.4 Å². The van der Waals surface area contributed by atoms with E-state index < -0.39 is 0 Å². The molecule has 1 unspecified atom stereocenters. The van der Waals surface area contributed by atoms with Crippen molar-refractivity contribution in [3.8, 4) is 0 Å². The number of hydrogen-bond acceptors (Lipinski definition) is 1. The minimum Gasteiger partial charge on any atom is -0.311 e. The van der Waals surface area contributed by atoms with Crippen LogP contribution in [0.2, 0.25) is 0 Å². The molecule has 1 aromatic rings. The third kappa shape index (κ3) is 7.09. The average Bonchev–Trinajstić information content (AvgIpc) is 2.31. The SMILES string of the molecule is Cc1cccc(C(CCCC(C)C)CNC(C)(C)C)c1. The fourth-order valence-electron chi connectivity index (χ4n) is 2.51. The summed E-state index contributed by atoms with van der Waals surface area (Å²) in [6, 6.07) is 9.02. The predicted molar refractivity (Wildman–Crippen MR) is 90.4 cm³/mol. The third-order valence-corrected chi connectivity index (χ3v) is 3.73. The fraction of sp³-hybridized carbons (Fsp3) is 0.684. The van der Waals surface area contributed by atoms with Gasteiger partial charge in [-0.05, 0) is 51.5 Å². The molecule has 1 atom stereocenters. The highest BCUT2D eigenvalue weighted by molar-refractivity contribution is 5.25. The lowest BCUT2D eigenvalue weighted by Gasteiger charge is -2.26. The van der Waals surface area contributed by atoms with E-state index in [1.54, 1.807) is 0 Å². The van der Waals surface area contributed by atoms with Crippen molar-refractivity contribution >= 4 is 0 Å². The highest BCUT2D eigenvalue weighted by Crippen LogP contribution is 2.24. The van der Waals surface area contributed by atoms with Crippen LogP contribution in [0.4, 0.5) is 0 Å². The second kappa shape index (κ2) is 7.83. The molecule has 0 radical (unpaired) electrons. The van der Waals surface area contributed by atoms with E-state index in [-0.39, 0.29) is 5.54 Å². The Morgan fingerprint density at radius 1 is 1.10 bits per heavy atom. The van der Waals surface area contributed by atoms with Crippen LogP contribution in [-0.2, 0) is 0 Å². The van der Waals surface area contributed by atoms with Crippen molar-refractivity contribution in [2.75, 3.05) is 6.54 Å². The van der Waals surface area contributed by atoms with Gasteiger partial charge in [0, 0.05) is 12.1 Å². The zero-order valence-corrected chi connectivity index (χ0v) is 14.3. The molecule has 1 N–H and O–H groups in total. The molecule has 0 spiro atoms. The first-order valence-corrected chi connectivity index (χ1v) is 8.09. The molecule has 114 valence electrons. The van der Waals surface area contributed by atoms with Gasteiger partial charge >= 0.3 is 0 Å². The van der Waals surface area contributed by atoms with Crippen LogP contribution < -0.4 is 5.32 Å². The molecule has 1 rings (SSSR count). The van der Waals surface area contributed by atoms with Gasteiger partial charge in [-0.25, -0.2) is 0 Å². The second-order valence-corrected chi connectivity index (χ2v) is 7.57. The van der Waals surface area contributed by atoms with Gasteiger partial charge in [0.25, 0.3) is 0 Å². The highest BCUT2D eigenvalue weighted by Gasteiger charge is 2.16. The lowest BCUT2D eigenvalue weighted by molar-refractivity contribution is 0.390. The molecule has 0 saturated carbocycles. The van der Waals surface area contributed by atoms with Gasteiger partial charge in [0.2, 0.25) is 0 Å². The number of aryl methyl sites for hydroxylation is 1. The van der Waals surface area contributed by atoms with Crippen LogP contribution in [0.5, 0.6) is 0 Å². The zero-order chi connectivity index (χ0) is 15.2. The molecular formula is C19H33N. The first kappa shape index (κ1) is 17.2. The highest BCUT2D eigenvalue weighted by atomic mass is 14.9. The summed E-state index contributed by atoms with van der Waals surface area (Å²) < 4.78 is 0. The molecule has 1 heteroatoms. The Morgan fingerprint density at radius 3 is 2.35 bits per heavy atom. The van der Waals surface area contributed by atoms with Crippen LogP contribution in [0.15, 0.2) is 24.3 Å². The maximum atomic E-state index is 3.68. The average molecular weight is 275 g/mol. The van der Waals surface area contributed by atoms with Crippen LogP contribution >= 0.6 is 0 Å². The molecule has 0 saturated heterocycles. The van der Waals surface area contributed by atoms with Gasteiger partial charge in [-0.1, -0.05) is 56.5 Å². The molecule has 0 bridgehead atoms. The number of hydrogen-bond donors (Lipinski definition) is 1. The van der Waals surface area contributed by atoms with Crippen LogP contribution in [0.1, 0.15) is 70.9 Å². The maximum Gasteiger partial charge on any atom is 0.00967 e. The predicted octanol–water partition coefficient (Wildman–Crippen LogP) is 5.29. The van der Waals surface area contributed by atoms with Crippen molar-refractivity contribution in [2.45, 2.75) is 72.3 Å². The smallest absolute Gasteiger partial charge is 0.00967 e. The Labute approximate surface area is 126 Å². The van der Waals surface area contributed by atoms with E-state index in [1.807, 2.05) is 0 Å². The van der Waals surface area contributed by atoms with Gasteiger partial charge in [-0.3, -0.25) is 0 Å². The van der Waals surface area contributed by atoms with Crippen LogP contribution in [0.3, 0.4) is 0 Å². The van der Waals surface area contributed by atoms with E-state index >= 15 is 0 Å². The van der Waals surface area contributed by atoms with Gasteiger partial charge in [-0.2, -0.15) is 0 Å². The van der Waals surface area contributed by atoms with Gasteiger partial charge in [0.05, 0.1) is 0 Å². The Kier molecular flexibility index (Phi) is 6.75. The Bertz CT molecular complexity index is 387. The summed E-state index contributed by atoms with van der Waals surface area (Å²) in [7, 11) is 0. The largest absolute Gasteiger partial charge is 0.311 e. The van der Waals surface area contributed by atoms with Crippen LogP contribution in [-0.4, -0.2) is 12.1 Å². The van der Waals surface area contributed by atoms with Gasteiger partial charge < -0.3 is 5.32 Å². The summed E-state index contributed by atoms with van der Waals surface area (Å²) in [5, 5.41) is 3.68. The van der Waals surface area contributed by atoms with E-state index in [0.29, 0.717) is 5.92 Å². The molecule has 0 aliphatic carbocycles. The summed E-state index contributed by atoms with van der Waals surface area (Å²) in [5.74, 6) is 1.44. The molecule has 1 nitrogen and oxygen atoms in total. The van der Waals surface area contributed by atoms with Gasteiger partial charge in [0.15, 0.2) is 0 Å². The molecule has 0 fully saturated rings. The summed E-state index contributed by atoms with van der Waals surface area (Å²) in [6.07, 6.45) is 3.94. The fourth-order valence-corrected chi connectivity index (χ4v) is 2.51. The third-order valence-electron chi connectivity index (χ3n) is 3.73. The zero-order valence-electron chi connectivity index (χ0n) is 14.3. The lowest BCUT2D eigenvalue weighted by atomic mass is 9.90. The number of benzene rings is 1. The maximum absolute atomic E-state index is 3.68. The second-order valence-electron chi connectivity index (χ2n) is 7.57. The van der Waals surface area contributed by atoms with Crippen LogP contribution in [0.25, 0.3) is 0 Å². The molecular weight excluding hydrogens is 242 g/mol. The summed E-state index contributed by atoms with van der Waals surface area (Å²) in [4.78, 5) is 0. The normalized spacial score (nSPS) is 13.8. The minimum atomic E-state index is 0.195. The van der Waals surface area contributed by atoms with Crippen molar-refractivity contribution in [2.24, 2.45) is 5.92 Å². The Morgan fingerprint density at radius 2 is 1.80 bits per heavy atom. The molecule has 0 aromatic heterocycles. The van der Waals surface area contributed by atoms with E-state index in [0.717, 1.165) is 12.5 Å². The van der Waals surface area contributed by atoms with E-state index in [9.17, 15) is 0 Å². The quantitative estimate of drug-likeness (QED) is 0.712. The van der Waals surface area contributed by atoms with Gasteiger partial charge in [-0.15, -0.1) is 0 Å². The lowest BCUT2D eigenvalue weighted by Crippen LogP contribution is -2.38.